The van der Waals surface area contributed by atoms with Crippen LogP contribution in [0.5, 0.6) is 0 Å². The molecule has 0 unspecified atom stereocenters. The summed E-state index contributed by atoms with van der Waals surface area (Å²) in [6, 6.07) is 10.6. The van der Waals surface area contributed by atoms with Crippen molar-refractivity contribution in [1.29, 1.82) is 0 Å². The fourth-order valence-corrected chi connectivity index (χ4v) is 2.16. The molecule has 0 atom stereocenters. The van der Waals surface area contributed by atoms with E-state index in [9.17, 15) is 0 Å². The molecule has 0 aliphatic heterocycles. The van der Waals surface area contributed by atoms with Gasteiger partial charge in [-0.1, -0.05) is 63.6 Å². The SMILES string of the molecule is CC(C)C(CN)=C(c1ccccc1)C(C)C. The van der Waals surface area contributed by atoms with Crippen LogP contribution in [0.1, 0.15) is 33.3 Å². The lowest BCUT2D eigenvalue weighted by molar-refractivity contribution is 0.725. The molecule has 0 radical (unpaired) electrons. The zero-order valence-electron chi connectivity index (χ0n) is 10.8. The van der Waals surface area contributed by atoms with Crippen molar-refractivity contribution in [2.24, 2.45) is 17.6 Å². The van der Waals surface area contributed by atoms with Crippen LogP contribution >= 0.6 is 0 Å². The summed E-state index contributed by atoms with van der Waals surface area (Å²) in [6.07, 6.45) is 0. The van der Waals surface area contributed by atoms with Gasteiger partial charge in [0.25, 0.3) is 0 Å². The molecule has 1 heteroatoms. The Morgan fingerprint density at radius 1 is 1.00 bits per heavy atom. The summed E-state index contributed by atoms with van der Waals surface area (Å²) in [5.41, 5.74) is 9.99. The highest BCUT2D eigenvalue weighted by molar-refractivity contribution is 5.70. The lowest BCUT2D eigenvalue weighted by atomic mass is 9.86. The molecule has 2 N–H and O–H groups in total. The van der Waals surface area contributed by atoms with Gasteiger partial charge in [0.2, 0.25) is 0 Å². The summed E-state index contributed by atoms with van der Waals surface area (Å²) in [6.45, 7) is 9.56. The Morgan fingerprint density at radius 3 is 1.94 bits per heavy atom. The number of allylic oxidation sites excluding steroid dienone is 1. The predicted octanol–water partition coefficient (Wildman–Crippen LogP) is 3.71. The van der Waals surface area contributed by atoms with E-state index in [0.29, 0.717) is 18.4 Å². The standard InChI is InChI=1S/C15H23N/c1-11(2)14(10-16)15(12(3)4)13-8-6-5-7-9-13/h5-9,11-12H,10,16H2,1-4H3. The zero-order chi connectivity index (χ0) is 12.1. The van der Waals surface area contributed by atoms with Crippen molar-refractivity contribution in [1.82, 2.24) is 0 Å². The fourth-order valence-electron chi connectivity index (χ4n) is 2.16. The highest BCUT2D eigenvalue weighted by Gasteiger charge is 2.14. The van der Waals surface area contributed by atoms with Gasteiger partial charge in [-0.15, -0.1) is 0 Å². The van der Waals surface area contributed by atoms with Crippen molar-refractivity contribution in [3.8, 4) is 0 Å². The molecule has 1 nitrogen and oxygen atoms in total. The van der Waals surface area contributed by atoms with E-state index >= 15 is 0 Å². The lowest BCUT2D eigenvalue weighted by Crippen LogP contribution is -2.13. The van der Waals surface area contributed by atoms with Crippen LogP contribution in [0.25, 0.3) is 5.57 Å². The molecule has 0 fully saturated rings. The summed E-state index contributed by atoms with van der Waals surface area (Å²) < 4.78 is 0. The molecular formula is C15H23N. The molecule has 0 saturated carbocycles. The van der Waals surface area contributed by atoms with E-state index in [-0.39, 0.29) is 0 Å². The van der Waals surface area contributed by atoms with E-state index < -0.39 is 0 Å². The van der Waals surface area contributed by atoms with Crippen LogP contribution < -0.4 is 5.73 Å². The molecule has 1 rings (SSSR count). The van der Waals surface area contributed by atoms with E-state index in [0.717, 1.165) is 0 Å². The zero-order valence-corrected chi connectivity index (χ0v) is 10.8. The third-order valence-corrected chi connectivity index (χ3v) is 2.92. The molecule has 0 heterocycles. The van der Waals surface area contributed by atoms with Crippen LogP contribution in [0.2, 0.25) is 0 Å². The van der Waals surface area contributed by atoms with E-state index in [4.69, 9.17) is 5.73 Å². The number of hydrogen-bond donors (Lipinski definition) is 1. The van der Waals surface area contributed by atoms with Crippen LogP contribution in [0.15, 0.2) is 35.9 Å². The maximum Gasteiger partial charge on any atom is 0.0145 e. The van der Waals surface area contributed by atoms with Gasteiger partial charge in [-0.05, 0) is 23.0 Å². The highest BCUT2D eigenvalue weighted by Crippen LogP contribution is 2.29. The summed E-state index contributed by atoms with van der Waals surface area (Å²) in [7, 11) is 0. The molecule has 0 saturated heterocycles. The minimum atomic E-state index is 0.516. The summed E-state index contributed by atoms with van der Waals surface area (Å²) in [5.74, 6) is 1.03. The Labute approximate surface area is 99.4 Å². The number of nitrogens with two attached hydrogens (primary N) is 1. The van der Waals surface area contributed by atoms with E-state index in [2.05, 4.69) is 58.0 Å². The van der Waals surface area contributed by atoms with Crippen LogP contribution in [-0.4, -0.2) is 6.54 Å². The highest BCUT2D eigenvalue weighted by atomic mass is 14.5. The van der Waals surface area contributed by atoms with Gasteiger partial charge in [-0.3, -0.25) is 0 Å². The fraction of sp³-hybridized carbons (Fsp3) is 0.467. The number of hydrogen-bond acceptors (Lipinski definition) is 1. The topological polar surface area (TPSA) is 26.0 Å². The molecule has 1 aromatic carbocycles. The van der Waals surface area contributed by atoms with Crippen molar-refractivity contribution < 1.29 is 0 Å². The molecule has 88 valence electrons. The maximum atomic E-state index is 5.89. The normalized spacial score (nSPS) is 13.2. The summed E-state index contributed by atoms with van der Waals surface area (Å²) >= 11 is 0. The summed E-state index contributed by atoms with van der Waals surface area (Å²) in [5, 5.41) is 0. The Hall–Kier alpha value is -1.08. The smallest absolute Gasteiger partial charge is 0.0145 e. The van der Waals surface area contributed by atoms with Crippen LogP contribution in [0.3, 0.4) is 0 Å². The van der Waals surface area contributed by atoms with Gasteiger partial charge in [0, 0.05) is 6.54 Å². The van der Waals surface area contributed by atoms with Crippen molar-refractivity contribution in [3.63, 3.8) is 0 Å². The quantitative estimate of drug-likeness (QED) is 0.817. The molecule has 0 amide bonds. The molecule has 16 heavy (non-hydrogen) atoms. The van der Waals surface area contributed by atoms with Gasteiger partial charge in [0.05, 0.1) is 0 Å². The molecule has 0 bridgehead atoms. The minimum Gasteiger partial charge on any atom is -0.327 e. The van der Waals surface area contributed by atoms with Gasteiger partial charge in [0.1, 0.15) is 0 Å². The first-order chi connectivity index (χ1) is 7.57. The molecule has 0 aromatic heterocycles. The Bertz CT molecular complexity index is 347. The van der Waals surface area contributed by atoms with Crippen LogP contribution in [-0.2, 0) is 0 Å². The van der Waals surface area contributed by atoms with Crippen LogP contribution in [0.4, 0.5) is 0 Å². The monoisotopic (exact) mass is 217 g/mol. The largest absolute Gasteiger partial charge is 0.327 e. The Balaban J connectivity index is 3.28. The Kier molecular flexibility index (Phi) is 4.75. The number of benzene rings is 1. The van der Waals surface area contributed by atoms with Crippen LogP contribution in [0, 0.1) is 11.8 Å². The van der Waals surface area contributed by atoms with E-state index in [1.54, 1.807) is 0 Å². The van der Waals surface area contributed by atoms with Crippen molar-refractivity contribution in [2.75, 3.05) is 6.54 Å². The minimum absolute atomic E-state index is 0.516. The van der Waals surface area contributed by atoms with Gasteiger partial charge in [-0.25, -0.2) is 0 Å². The molecule has 0 aliphatic rings. The van der Waals surface area contributed by atoms with E-state index in [1.807, 2.05) is 0 Å². The summed E-state index contributed by atoms with van der Waals surface area (Å²) in [4.78, 5) is 0. The van der Waals surface area contributed by atoms with Gasteiger partial charge in [0.15, 0.2) is 0 Å². The van der Waals surface area contributed by atoms with Gasteiger partial charge >= 0.3 is 0 Å². The maximum absolute atomic E-state index is 5.89. The van der Waals surface area contributed by atoms with Crippen molar-refractivity contribution >= 4 is 5.57 Å². The first kappa shape index (κ1) is 13.0. The predicted molar refractivity (Wildman–Crippen MR) is 72.1 cm³/mol. The molecule has 1 aromatic rings. The second-order valence-corrected chi connectivity index (χ2v) is 4.82. The average molecular weight is 217 g/mol. The number of rotatable bonds is 4. The van der Waals surface area contributed by atoms with Gasteiger partial charge in [-0.2, -0.15) is 0 Å². The van der Waals surface area contributed by atoms with Crippen molar-refractivity contribution in [2.45, 2.75) is 27.7 Å². The third kappa shape index (κ3) is 2.96. The molecule has 0 spiro atoms. The second-order valence-electron chi connectivity index (χ2n) is 4.82. The lowest BCUT2D eigenvalue weighted by Gasteiger charge is -2.20. The first-order valence-electron chi connectivity index (χ1n) is 6.06. The average Bonchev–Trinajstić information content (AvgIpc) is 2.25. The molecule has 0 aliphatic carbocycles. The van der Waals surface area contributed by atoms with Crippen molar-refractivity contribution in [3.05, 3.63) is 41.5 Å². The first-order valence-corrected chi connectivity index (χ1v) is 6.06. The Morgan fingerprint density at radius 2 is 1.56 bits per heavy atom. The van der Waals surface area contributed by atoms with E-state index in [1.165, 1.54) is 16.7 Å². The second kappa shape index (κ2) is 5.86. The molecular weight excluding hydrogens is 194 g/mol. The third-order valence-electron chi connectivity index (χ3n) is 2.92. The van der Waals surface area contributed by atoms with Gasteiger partial charge < -0.3 is 5.73 Å².